The Hall–Kier alpha value is -0.860. The van der Waals surface area contributed by atoms with E-state index in [0.29, 0.717) is 36.7 Å². The highest BCUT2D eigenvalue weighted by Gasteiger charge is 2.33. The van der Waals surface area contributed by atoms with Crippen molar-refractivity contribution in [3.8, 4) is 0 Å². The predicted molar refractivity (Wildman–Crippen MR) is 106 cm³/mol. The van der Waals surface area contributed by atoms with Crippen LogP contribution in [0.15, 0.2) is 0 Å². The van der Waals surface area contributed by atoms with Crippen molar-refractivity contribution in [3.63, 3.8) is 0 Å². The SMILES string of the molecule is CC(=O)SCC(CC[C@H](CC(C)C)C(C(C)=O)C(=O)NO)CSC(C)=O. The van der Waals surface area contributed by atoms with Crippen molar-refractivity contribution < 1.29 is 24.4 Å². The van der Waals surface area contributed by atoms with Gasteiger partial charge in [0.25, 0.3) is 5.91 Å². The molecule has 26 heavy (non-hydrogen) atoms. The fourth-order valence-electron chi connectivity index (χ4n) is 2.96. The lowest BCUT2D eigenvalue weighted by atomic mass is 9.79. The summed E-state index contributed by atoms with van der Waals surface area (Å²) in [4.78, 5) is 46.5. The van der Waals surface area contributed by atoms with Gasteiger partial charge in [0.15, 0.2) is 10.2 Å². The number of nitrogens with one attached hydrogen (secondary N) is 1. The van der Waals surface area contributed by atoms with E-state index in [9.17, 15) is 19.2 Å². The molecule has 0 bridgehead atoms. The van der Waals surface area contributed by atoms with Crippen LogP contribution in [0.2, 0.25) is 0 Å². The number of ketones is 1. The zero-order valence-electron chi connectivity index (χ0n) is 16.2. The maximum absolute atomic E-state index is 12.0. The van der Waals surface area contributed by atoms with Crippen LogP contribution in [0.1, 0.15) is 53.9 Å². The summed E-state index contributed by atoms with van der Waals surface area (Å²) in [5, 5.41) is 9.03. The molecule has 0 fully saturated rings. The molecule has 0 aliphatic rings. The summed E-state index contributed by atoms with van der Waals surface area (Å²) >= 11 is 2.46. The standard InChI is InChI=1S/C18H31NO5S2/c1-11(2)8-16(17(12(3)20)18(23)19-24)7-6-15(9-25-13(4)21)10-26-14(5)22/h11,15-17,24H,6-10H2,1-5H3,(H,19,23)/t16-,17?/m1/s1. The Kier molecular flexibility index (Phi) is 12.9. The quantitative estimate of drug-likeness (QED) is 0.292. The van der Waals surface area contributed by atoms with Gasteiger partial charge in [-0.1, -0.05) is 37.4 Å². The monoisotopic (exact) mass is 405 g/mol. The number of Topliss-reactive ketones (excluding diaryl/α,β-unsaturated/α-hetero) is 1. The zero-order chi connectivity index (χ0) is 20.3. The average molecular weight is 406 g/mol. The third kappa shape index (κ3) is 11.0. The molecule has 0 aromatic carbocycles. The highest BCUT2D eigenvalue weighted by molar-refractivity contribution is 8.14. The van der Waals surface area contributed by atoms with Crippen molar-refractivity contribution in [2.75, 3.05) is 11.5 Å². The van der Waals surface area contributed by atoms with E-state index in [-0.39, 0.29) is 27.8 Å². The van der Waals surface area contributed by atoms with Crippen molar-refractivity contribution in [2.24, 2.45) is 23.7 Å². The molecule has 0 rings (SSSR count). The molecule has 6 nitrogen and oxygen atoms in total. The van der Waals surface area contributed by atoms with Crippen LogP contribution in [0.4, 0.5) is 0 Å². The first-order chi connectivity index (χ1) is 12.1. The Balaban J connectivity index is 5.11. The van der Waals surface area contributed by atoms with E-state index in [0.717, 1.165) is 0 Å². The zero-order valence-corrected chi connectivity index (χ0v) is 17.9. The number of carbonyl (C=O) groups excluding carboxylic acids is 4. The lowest BCUT2D eigenvalue weighted by molar-refractivity contribution is -0.141. The van der Waals surface area contributed by atoms with Gasteiger partial charge in [0.2, 0.25) is 0 Å². The molecule has 0 aromatic heterocycles. The van der Waals surface area contributed by atoms with E-state index in [1.807, 2.05) is 13.8 Å². The van der Waals surface area contributed by atoms with Crippen LogP contribution in [-0.2, 0) is 19.2 Å². The fourth-order valence-corrected chi connectivity index (χ4v) is 4.62. The molecule has 8 heteroatoms. The normalized spacial score (nSPS) is 13.5. The summed E-state index contributed by atoms with van der Waals surface area (Å²) in [6, 6.07) is 0. The molecule has 0 aliphatic heterocycles. The molecule has 1 amide bonds. The van der Waals surface area contributed by atoms with Crippen molar-refractivity contribution in [3.05, 3.63) is 0 Å². The Morgan fingerprint density at radius 3 is 1.77 bits per heavy atom. The van der Waals surface area contributed by atoms with Gasteiger partial charge in [0, 0.05) is 25.4 Å². The van der Waals surface area contributed by atoms with Gasteiger partial charge in [-0.25, -0.2) is 5.48 Å². The van der Waals surface area contributed by atoms with E-state index in [4.69, 9.17) is 5.21 Å². The molecule has 150 valence electrons. The van der Waals surface area contributed by atoms with Crippen molar-refractivity contribution in [1.29, 1.82) is 0 Å². The summed E-state index contributed by atoms with van der Waals surface area (Å²) in [5.41, 5.74) is 1.61. The first kappa shape index (κ1) is 25.1. The van der Waals surface area contributed by atoms with E-state index in [1.54, 1.807) is 5.48 Å². The largest absolute Gasteiger partial charge is 0.299 e. The number of hydrogen-bond acceptors (Lipinski definition) is 7. The first-order valence-corrected chi connectivity index (χ1v) is 10.8. The summed E-state index contributed by atoms with van der Waals surface area (Å²) in [5.74, 6) is -0.356. The lowest BCUT2D eigenvalue weighted by Crippen LogP contribution is -2.38. The molecule has 2 N–H and O–H groups in total. The summed E-state index contributed by atoms with van der Waals surface area (Å²) in [7, 11) is 0. The molecular formula is C18H31NO5S2. The smallest absolute Gasteiger partial charge is 0.254 e. The van der Waals surface area contributed by atoms with E-state index in [1.165, 1.54) is 44.3 Å². The van der Waals surface area contributed by atoms with Crippen LogP contribution in [0.25, 0.3) is 0 Å². The van der Waals surface area contributed by atoms with Crippen LogP contribution >= 0.6 is 23.5 Å². The van der Waals surface area contributed by atoms with Gasteiger partial charge in [-0.05, 0) is 43.9 Å². The molecular weight excluding hydrogens is 374 g/mol. The molecule has 0 spiro atoms. The third-order valence-electron chi connectivity index (χ3n) is 4.07. The Labute approximate surface area is 164 Å². The van der Waals surface area contributed by atoms with Crippen LogP contribution in [-0.4, -0.2) is 38.6 Å². The third-order valence-corrected chi connectivity index (χ3v) is 6.16. The van der Waals surface area contributed by atoms with Crippen LogP contribution in [0.5, 0.6) is 0 Å². The summed E-state index contributed by atoms with van der Waals surface area (Å²) in [6.45, 7) is 8.44. The lowest BCUT2D eigenvalue weighted by Gasteiger charge is -2.27. The number of thioether (sulfide) groups is 2. The minimum atomic E-state index is -0.885. The summed E-state index contributed by atoms with van der Waals surface area (Å²) in [6.07, 6.45) is 2.02. The molecule has 0 saturated heterocycles. The molecule has 0 aliphatic carbocycles. The molecule has 1 unspecified atom stereocenters. The van der Waals surface area contributed by atoms with E-state index < -0.39 is 11.8 Å². The fraction of sp³-hybridized carbons (Fsp3) is 0.778. The first-order valence-electron chi connectivity index (χ1n) is 8.79. The van der Waals surface area contributed by atoms with Gasteiger partial charge in [-0.2, -0.15) is 0 Å². The van der Waals surface area contributed by atoms with Crippen molar-refractivity contribution in [2.45, 2.75) is 53.9 Å². The van der Waals surface area contributed by atoms with Gasteiger partial charge < -0.3 is 0 Å². The van der Waals surface area contributed by atoms with Gasteiger partial charge >= 0.3 is 0 Å². The Morgan fingerprint density at radius 1 is 0.923 bits per heavy atom. The Morgan fingerprint density at radius 2 is 1.42 bits per heavy atom. The molecule has 2 atom stereocenters. The van der Waals surface area contributed by atoms with E-state index in [2.05, 4.69) is 0 Å². The molecule has 0 radical (unpaired) electrons. The van der Waals surface area contributed by atoms with Gasteiger partial charge in [0.1, 0.15) is 11.7 Å². The second-order valence-corrected chi connectivity index (χ2v) is 9.40. The molecule has 0 saturated carbocycles. The second kappa shape index (κ2) is 13.3. The van der Waals surface area contributed by atoms with Gasteiger partial charge in [0.05, 0.1) is 0 Å². The maximum atomic E-state index is 12.0. The number of rotatable bonds is 12. The topological polar surface area (TPSA) is 101 Å². The Bertz CT molecular complexity index is 478. The number of amides is 1. The molecule has 0 aromatic rings. The van der Waals surface area contributed by atoms with Crippen LogP contribution < -0.4 is 5.48 Å². The number of hydrogen-bond donors (Lipinski definition) is 2. The van der Waals surface area contributed by atoms with Crippen LogP contribution in [0.3, 0.4) is 0 Å². The maximum Gasteiger partial charge on any atom is 0.254 e. The number of carbonyl (C=O) groups is 4. The van der Waals surface area contributed by atoms with Gasteiger partial charge in [-0.15, -0.1) is 0 Å². The minimum Gasteiger partial charge on any atom is -0.299 e. The second-order valence-electron chi connectivity index (χ2n) is 7.00. The highest BCUT2D eigenvalue weighted by atomic mass is 32.2. The summed E-state index contributed by atoms with van der Waals surface area (Å²) < 4.78 is 0. The average Bonchev–Trinajstić information content (AvgIpc) is 2.52. The minimum absolute atomic E-state index is 0.0304. The van der Waals surface area contributed by atoms with E-state index >= 15 is 0 Å². The predicted octanol–water partition coefficient (Wildman–Crippen LogP) is 3.32. The van der Waals surface area contributed by atoms with Crippen molar-refractivity contribution in [1.82, 2.24) is 5.48 Å². The highest BCUT2D eigenvalue weighted by Crippen LogP contribution is 2.30. The van der Waals surface area contributed by atoms with Crippen molar-refractivity contribution >= 4 is 45.4 Å². The van der Waals surface area contributed by atoms with Gasteiger partial charge in [-0.3, -0.25) is 24.4 Å². The molecule has 0 heterocycles. The number of hydroxylamine groups is 1. The van der Waals surface area contributed by atoms with Crippen LogP contribution in [0, 0.1) is 23.7 Å².